The zero-order valence-electron chi connectivity index (χ0n) is 22.7. The third kappa shape index (κ3) is 6.66. The maximum absolute atomic E-state index is 13.4. The predicted octanol–water partition coefficient (Wildman–Crippen LogP) is 5.60. The van der Waals surface area contributed by atoms with Crippen molar-refractivity contribution in [3.63, 3.8) is 0 Å². The van der Waals surface area contributed by atoms with Gasteiger partial charge in [0.15, 0.2) is 28.0 Å². The lowest BCUT2D eigenvalue weighted by Crippen LogP contribution is -2.61. The van der Waals surface area contributed by atoms with Crippen LogP contribution in [0.3, 0.4) is 0 Å². The number of carbonyl (C=O) groups excluding carboxylic acids is 2. The van der Waals surface area contributed by atoms with Crippen LogP contribution < -0.4 is 0 Å². The van der Waals surface area contributed by atoms with E-state index in [4.69, 9.17) is 13.6 Å². The molecule has 0 spiro atoms. The van der Waals surface area contributed by atoms with Crippen LogP contribution in [0.1, 0.15) is 59.9 Å². The highest BCUT2D eigenvalue weighted by Crippen LogP contribution is 2.43. The van der Waals surface area contributed by atoms with Crippen molar-refractivity contribution >= 4 is 28.4 Å². The van der Waals surface area contributed by atoms with Gasteiger partial charge in [-0.3, -0.25) is 4.79 Å². The average molecular weight is 509 g/mol. The van der Waals surface area contributed by atoms with Crippen molar-refractivity contribution in [3.8, 4) is 0 Å². The van der Waals surface area contributed by atoms with Gasteiger partial charge in [-0.2, -0.15) is 0 Å². The molecule has 0 unspecified atom stereocenters. The molecule has 0 bridgehead atoms. The SMILES string of the molecule is CC(C)(C)[Si](C)(C)O[C@@H]1C(=O)C[C@](O)(C(=O)OCc2ccccc2)C[C@H]1O[Si](C)(C)C(C)(C)C. The molecular weight excluding hydrogens is 464 g/mol. The third-order valence-corrected chi connectivity index (χ3v) is 16.7. The van der Waals surface area contributed by atoms with E-state index in [0.717, 1.165) is 5.56 Å². The van der Waals surface area contributed by atoms with Gasteiger partial charge in [0.1, 0.15) is 12.7 Å². The van der Waals surface area contributed by atoms with E-state index in [2.05, 4.69) is 67.7 Å². The molecule has 192 valence electrons. The largest absolute Gasteiger partial charge is 0.459 e. The Morgan fingerprint density at radius 1 is 0.971 bits per heavy atom. The lowest BCUT2D eigenvalue weighted by atomic mass is 9.80. The van der Waals surface area contributed by atoms with E-state index in [0.29, 0.717) is 0 Å². The Bertz CT molecular complexity index is 870. The van der Waals surface area contributed by atoms with Gasteiger partial charge in [0.25, 0.3) is 0 Å². The van der Waals surface area contributed by atoms with Crippen molar-refractivity contribution in [1.82, 2.24) is 0 Å². The third-order valence-electron chi connectivity index (χ3n) is 7.73. The van der Waals surface area contributed by atoms with Crippen LogP contribution in [0.5, 0.6) is 0 Å². The molecule has 1 saturated carbocycles. The van der Waals surface area contributed by atoms with Gasteiger partial charge in [0, 0.05) is 12.8 Å². The first-order chi connectivity index (χ1) is 15.3. The molecule has 0 aromatic heterocycles. The van der Waals surface area contributed by atoms with E-state index in [-0.39, 0.29) is 35.3 Å². The van der Waals surface area contributed by atoms with E-state index < -0.39 is 40.4 Å². The van der Waals surface area contributed by atoms with Gasteiger partial charge in [-0.15, -0.1) is 0 Å². The lowest BCUT2D eigenvalue weighted by molar-refractivity contribution is -0.181. The van der Waals surface area contributed by atoms with Crippen LogP contribution >= 0.6 is 0 Å². The second kappa shape index (κ2) is 9.97. The highest BCUT2D eigenvalue weighted by atomic mass is 28.4. The molecule has 1 aromatic carbocycles. The van der Waals surface area contributed by atoms with E-state index in [1.807, 2.05) is 30.3 Å². The summed E-state index contributed by atoms with van der Waals surface area (Å²) in [7, 11) is -4.65. The zero-order chi connectivity index (χ0) is 26.2. The molecule has 3 atom stereocenters. The second-order valence-corrected chi connectivity index (χ2v) is 22.2. The van der Waals surface area contributed by atoms with Gasteiger partial charge in [-0.05, 0) is 41.8 Å². The zero-order valence-corrected chi connectivity index (χ0v) is 24.7. The molecule has 0 amide bonds. The van der Waals surface area contributed by atoms with Gasteiger partial charge >= 0.3 is 5.97 Å². The van der Waals surface area contributed by atoms with Gasteiger partial charge in [0.2, 0.25) is 0 Å². The molecule has 1 aromatic rings. The molecule has 6 nitrogen and oxygen atoms in total. The summed E-state index contributed by atoms with van der Waals surface area (Å²) in [5.41, 5.74) is -1.12. The molecular formula is C26H44O6Si2. The minimum absolute atomic E-state index is 0.0296. The number of rotatable bonds is 7. The van der Waals surface area contributed by atoms with Crippen molar-refractivity contribution in [3.05, 3.63) is 35.9 Å². The summed E-state index contributed by atoms with van der Waals surface area (Å²) in [6.45, 7) is 21.1. The molecule has 0 heterocycles. The second-order valence-electron chi connectivity index (χ2n) is 12.7. The van der Waals surface area contributed by atoms with E-state index >= 15 is 0 Å². The summed E-state index contributed by atoms with van der Waals surface area (Å²) in [6, 6.07) is 9.28. The molecule has 0 radical (unpaired) electrons. The molecule has 0 aliphatic heterocycles. The summed E-state index contributed by atoms with van der Waals surface area (Å²) >= 11 is 0. The summed E-state index contributed by atoms with van der Waals surface area (Å²) in [6.07, 6.45) is -1.89. The van der Waals surface area contributed by atoms with Crippen LogP contribution in [0.15, 0.2) is 30.3 Å². The summed E-state index contributed by atoms with van der Waals surface area (Å²) in [5.74, 6) is -1.10. The Morgan fingerprint density at radius 2 is 1.47 bits per heavy atom. The first-order valence-electron chi connectivity index (χ1n) is 12.1. The minimum atomic E-state index is -2.33. The van der Waals surface area contributed by atoms with Crippen molar-refractivity contribution < 1.29 is 28.3 Å². The fourth-order valence-electron chi connectivity index (χ4n) is 3.42. The number of hydrogen-bond acceptors (Lipinski definition) is 6. The average Bonchev–Trinajstić information content (AvgIpc) is 2.67. The molecule has 1 fully saturated rings. The summed E-state index contributed by atoms with van der Waals surface area (Å²) in [5, 5.41) is 11.1. The first-order valence-corrected chi connectivity index (χ1v) is 17.9. The standard InChI is InChI=1S/C26H44O6Si2/c1-24(2,3)33(7,8)31-21-17-26(29,23(28)30-18-19-14-12-11-13-15-19)16-20(27)22(21)32-34(9,10)25(4,5)6/h11-15,21-22,29H,16-18H2,1-10H3/t21-,22-,26-/m1/s1. The molecule has 2 rings (SSSR count). The fraction of sp³-hybridized carbons (Fsp3) is 0.692. The van der Waals surface area contributed by atoms with Crippen molar-refractivity contribution in [2.24, 2.45) is 0 Å². The van der Waals surface area contributed by atoms with Gasteiger partial charge in [0.05, 0.1) is 6.10 Å². The van der Waals surface area contributed by atoms with Crippen LogP contribution in [0, 0.1) is 0 Å². The van der Waals surface area contributed by atoms with Crippen molar-refractivity contribution in [2.45, 2.75) is 115 Å². The molecule has 1 aliphatic rings. The number of hydrogen-bond donors (Lipinski definition) is 1. The Morgan fingerprint density at radius 3 is 1.97 bits per heavy atom. The fourth-order valence-corrected chi connectivity index (χ4v) is 6.00. The quantitative estimate of drug-likeness (QED) is 0.381. The maximum atomic E-state index is 13.4. The number of esters is 1. The van der Waals surface area contributed by atoms with Crippen LogP contribution in [0.25, 0.3) is 0 Å². The molecule has 8 heteroatoms. The maximum Gasteiger partial charge on any atom is 0.339 e. The Balaban J connectivity index is 2.32. The first kappa shape index (κ1) is 28.9. The topological polar surface area (TPSA) is 82.1 Å². The van der Waals surface area contributed by atoms with Crippen LogP contribution in [0.2, 0.25) is 36.3 Å². The number of ether oxygens (including phenoxy) is 1. The summed E-state index contributed by atoms with van der Waals surface area (Å²) < 4.78 is 18.6. The highest BCUT2D eigenvalue weighted by Gasteiger charge is 2.55. The Kier molecular flexibility index (Phi) is 8.48. The monoisotopic (exact) mass is 508 g/mol. The van der Waals surface area contributed by atoms with Crippen LogP contribution in [0.4, 0.5) is 0 Å². The van der Waals surface area contributed by atoms with Crippen LogP contribution in [-0.4, -0.2) is 51.3 Å². The predicted molar refractivity (Wildman–Crippen MR) is 140 cm³/mol. The number of ketones is 1. The van der Waals surface area contributed by atoms with Gasteiger partial charge in [-0.1, -0.05) is 71.9 Å². The van der Waals surface area contributed by atoms with Crippen molar-refractivity contribution in [2.75, 3.05) is 0 Å². The molecule has 34 heavy (non-hydrogen) atoms. The highest BCUT2D eigenvalue weighted by molar-refractivity contribution is 6.74. The normalized spacial score (nSPS) is 24.7. The molecule has 1 N–H and O–H groups in total. The number of Topliss-reactive ketones (excluding diaryl/α,β-unsaturated/α-hetero) is 1. The number of benzene rings is 1. The Hall–Kier alpha value is -1.33. The number of aliphatic hydroxyl groups is 1. The summed E-state index contributed by atoms with van der Waals surface area (Å²) in [4.78, 5) is 26.4. The molecule has 0 saturated heterocycles. The van der Waals surface area contributed by atoms with Gasteiger partial charge in [-0.25, -0.2) is 4.79 Å². The Labute approximate surface area is 207 Å². The number of carbonyl (C=O) groups is 2. The van der Waals surface area contributed by atoms with Crippen molar-refractivity contribution in [1.29, 1.82) is 0 Å². The smallest absolute Gasteiger partial charge is 0.339 e. The molecule has 1 aliphatic carbocycles. The van der Waals surface area contributed by atoms with E-state index in [1.165, 1.54) is 0 Å². The van der Waals surface area contributed by atoms with E-state index in [9.17, 15) is 14.7 Å². The van der Waals surface area contributed by atoms with Crippen LogP contribution in [-0.2, 0) is 29.8 Å². The lowest BCUT2D eigenvalue weighted by Gasteiger charge is -2.48. The minimum Gasteiger partial charge on any atom is -0.459 e. The van der Waals surface area contributed by atoms with E-state index in [1.54, 1.807) is 0 Å². The van der Waals surface area contributed by atoms with Gasteiger partial charge < -0.3 is 18.7 Å².